The molecule has 3 atom stereocenters. The molecule has 1 heterocycles. The normalized spacial score (nSPS) is 42.4. The molecule has 2 fully saturated rings. The first kappa shape index (κ1) is 7.10. The van der Waals surface area contributed by atoms with E-state index in [1.807, 2.05) is 0 Å². The Hall–Kier alpha value is -0.570. The van der Waals surface area contributed by atoms with E-state index >= 15 is 0 Å². The number of hydrogen-bond donors (Lipinski definition) is 1. The summed E-state index contributed by atoms with van der Waals surface area (Å²) in [6.45, 7) is 1.61. The molecule has 1 aliphatic heterocycles. The van der Waals surface area contributed by atoms with E-state index in [4.69, 9.17) is 9.84 Å². The molecule has 2 aliphatic rings. The van der Waals surface area contributed by atoms with Crippen LogP contribution in [0.25, 0.3) is 0 Å². The van der Waals surface area contributed by atoms with E-state index < -0.39 is 5.97 Å². The summed E-state index contributed by atoms with van der Waals surface area (Å²) in [5.74, 6) is 0.287. The monoisotopic (exact) mass is 156 g/mol. The lowest BCUT2D eigenvalue weighted by Crippen LogP contribution is -2.08. The van der Waals surface area contributed by atoms with Gasteiger partial charge in [-0.25, -0.2) is 0 Å². The minimum Gasteiger partial charge on any atom is -0.481 e. The van der Waals surface area contributed by atoms with Crippen molar-refractivity contribution in [1.82, 2.24) is 0 Å². The van der Waals surface area contributed by atoms with Crippen LogP contribution in [0.15, 0.2) is 0 Å². The van der Waals surface area contributed by atoms with Gasteiger partial charge in [0.25, 0.3) is 0 Å². The molecule has 0 amide bonds. The van der Waals surface area contributed by atoms with Gasteiger partial charge < -0.3 is 9.84 Å². The third kappa shape index (κ3) is 1.25. The standard InChI is InChI=1S/C8H12O3/c9-8(10)7-3-6(7)5-1-2-11-4-5/h5-7H,1-4H2,(H,9,10)/t5-,6-,7+/m0/s1. The van der Waals surface area contributed by atoms with Crippen molar-refractivity contribution in [3.8, 4) is 0 Å². The molecule has 0 radical (unpaired) electrons. The predicted molar refractivity (Wildman–Crippen MR) is 38.2 cm³/mol. The summed E-state index contributed by atoms with van der Waals surface area (Å²) in [5.41, 5.74) is 0. The average Bonchev–Trinajstić information content (AvgIpc) is 2.60. The number of carboxylic acid groups (broad SMARTS) is 1. The summed E-state index contributed by atoms with van der Waals surface area (Å²) in [4.78, 5) is 10.5. The SMILES string of the molecule is O=C(O)[C@@H]1C[C@H]1[C@H]1CCOC1. The molecule has 62 valence electrons. The lowest BCUT2D eigenvalue weighted by atomic mass is 10.0. The Morgan fingerprint density at radius 1 is 1.55 bits per heavy atom. The van der Waals surface area contributed by atoms with E-state index in [-0.39, 0.29) is 5.92 Å². The highest BCUT2D eigenvalue weighted by Crippen LogP contribution is 2.47. The van der Waals surface area contributed by atoms with Crippen LogP contribution in [0.3, 0.4) is 0 Å². The smallest absolute Gasteiger partial charge is 0.306 e. The van der Waals surface area contributed by atoms with Crippen molar-refractivity contribution in [2.45, 2.75) is 12.8 Å². The van der Waals surface area contributed by atoms with E-state index in [0.29, 0.717) is 11.8 Å². The molecule has 0 aromatic heterocycles. The maximum Gasteiger partial charge on any atom is 0.306 e. The molecule has 2 rings (SSSR count). The molecule has 0 bridgehead atoms. The Balaban J connectivity index is 1.85. The highest BCUT2D eigenvalue weighted by atomic mass is 16.5. The fraction of sp³-hybridized carbons (Fsp3) is 0.875. The van der Waals surface area contributed by atoms with Crippen LogP contribution in [0, 0.1) is 17.8 Å². The van der Waals surface area contributed by atoms with Crippen LogP contribution >= 0.6 is 0 Å². The number of ether oxygens (including phenoxy) is 1. The second kappa shape index (κ2) is 2.48. The summed E-state index contributed by atoms with van der Waals surface area (Å²) in [6.07, 6.45) is 1.94. The van der Waals surface area contributed by atoms with Gasteiger partial charge in [-0.05, 0) is 24.7 Å². The number of hydrogen-bond acceptors (Lipinski definition) is 2. The van der Waals surface area contributed by atoms with Gasteiger partial charge >= 0.3 is 5.97 Å². The molecule has 11 heavy (non-hydrogen) atoms. The largest absolute Gasteiger partial charge is 0.481 e. The topological polar surface area (TPSA) is 46.5 Å². The Bertz CT molecular complexity index is 172. The maximum atomic E-state index is 10.5. The van der Waals surface area contributed by atoms with Crippen LogP contribution in [0.4, 0.5) is 0 Å². The molecule has 0 aromatic carbocycles. The molecule has 1 saturated heterocycles. The lowest BCUT2D eigenvalue weighted by Gasteiger charge is -2.02. The van der Waals surface area contributed by atoms with Gasteiger partial charge in [0.15, 0.2) is 0 Å². The van der Waals surface area contributed by atoms with Crippen molar-refractivity contribution in [1.29, 1.82) is 0 Å². The van der Waals surface area contributed by atoms with Gasteiger partial charge in [-0.15, -0.1) is 0 Å². The molecule has 3 nitrogen and oxygen atoms in total. The third-order valence-electron chi connectivity index (χ3n) is 2.73. The van der Waals surface area contributed by atoms with Gasteiger partial charge in [0.05, 0.1) is 5.92 Å². The van der Waals surface area contributed by atoms with Crippen LogP contribution in [-0.4, -0.2) is 24.3 Å². The van der Waals surface area contributed by atoms with Crippen molar-refractivity contribution >= 4 is 5.97 Å². The average molecular weight is 156 g/mol. The van der Waals surface area contributed by atoms with Crippen LogP contribution in [0.1, 0.15) is 12.8 Å². The van der Waals surface area contributed by atoms with Gasteiger partial charge in [0, 0.05) is 13.2 Å². The van der Waals surface area contributed by atoms with Gasteiger partial charge in [-0.3, -0.25) is 4.79 Å². The molecule has 1 aliphatic carbocycles. The number of rotatable bonds is 2. The maximum absolute atomic E-state index is 10.5. The predicted octanol–water partition coefficient (Wildman–Crippen LogP) is 0.744. The molecular formula is C8H12O3. The van der Waals surface area contributed by atoms with E-state index in [0.717, 1.165) is 26.1 Å². The molecule has 0 aromatic rings. The molecule has 3 heteroatoms. The summed E-state index contributed by atoms with van der Waals surface area (Å²) in [6, 6.07) is 0. The summed E-state index contributed by atoms with van der Waals surface area (Å²) in [7, 11) is 0. The second-order valence-corrected chi connectivity index (χ2v) is 3.47. The Kier molecular flexibility index (Phi) is 1.60. The van der Waals surface area contributed by atoms with Gasteiger partial charge in [0.2, 0.25) is 0 Å². The minimum atomic E-state index is -0.623. The highest BCUT2D eigenvalue weighted by molar-refractivity contribution is 5.73. The Labute approximate surface area is 65.4 Å². The number of aliphatic carboxylic acids is 1. The first-order valence-electron chi connectivity index (χ1n) is 4.09. The van der Waals surface area contributed by atoms with Crippen LogP contribution in [0.5, 0.6) is 0 Å². The van der Waals surface area contributed by atoms with Gasteiger partial charge in [0.1, 0.15) is 0 Å². The Morgan fingerprint density at radius 2 is 2.36 bits per heavy atom. The third-order valence-corrected chi connectivity index (χ3v) is 2.73. The zero-order chi connectivity index (χ0) is 7.84. The fourth-order valence-electron chi connectivity index (χ4n) is 1.91. The second-order valence-electron chi connectivity index (χ2n) is 3.47. The van der Waals surface area contributed by atoms with E-state index in [9.17, 15) is 4.79 Å². The first-order valence-corrected chi connectivity index (χ1v) is 4.09. The van der Waals surface area contributed by atoms with Crippen LogP contribution in [0.2, 0.25) is 0 Å². The highest BCUT2D eigenvalue weighted by Gasteiger charge is 2.48. The zero-order valence-corrected chi connectivity index (χ0v) is 6.32. The van der Waals surface area contributed by atoms with Crippen molar-refractivity contribution < 1.29 is 14.6 Å². The molecule has 1 saturated carbocycles. The number of carbonyl (C=O) groups is 1. The van der Waals surface area contributed by atoms with Crippen molar-refractivity contribution in [2.75, 3.05) is 13.2 Å². The summed E-state index contributed by atoms with van der Waals surface area (Å²) in [5, 5.41) is 8.64. The number of carboxylic acids is 1. The first-order chi connectivity index (χ1) is 5.29. The van der Waals surface area contributed by atoms with E-state index in [1.165, 1.54) is 0 Å². The van der Waals surface area contributed by atoms with Crippen molar-refractivity contribution in [2.24, 2.45) is 17.8 Å². The van der Waals surface area contributed by atoms with E-state index in [2.05, 4.69) is 0 Å². The summed E-state index contributed by atoms with van der Waals surface area (Å²) >= 11 is 0. The lowest BCUT2D eigenvalue weighted by molar-refractivity contribution is -0.139. The van der Waals surface area contributed by atoms with Gasteiger partial charge in [-0.2, -0.15) is 0 Å². The van der Waals surface area contributed by atoms with Crippen LogP contribution < -0.4 is 0 Å². The molecular weight excluding hydrogens is 144 g/mol. The van der Waals surface area contributed by atoms with Crippen LogP contribution in [-0.2, 0) is 9.53 Å². The molecule has 1 N–H and O–H groups in total. The quantitative estimate of drug-likeness (QED) is 0.641. The van der Waals surface area contributed by atoms with Crippen molar-refractivity contribution in [3.05, 3.63) is 0 Å². The fourth-order valence-corrected chi connectivity index (χ4v) is 1.91. The van der Waals surface area contributed by atoms with Crippen molar-refractivity contribution in [3.63, 3.8) is 0 Å². The Morgan fingerprint density at radius 3 is 2.82 bits per heavy atom. The summed E-state index contributed by atoms with van der Waals surface area (Å²) < 4.78 is 5.19. The molecule has 0 spiro atoms. The minimum absolute atomic E-state index is 0.0540. The van der Waals surface area contributed by atoms with E-state index in [1.54, 1.807) is 0 Å². The zero-order valence-electron chi connectivity index (χ0n) is 6.32. The van der Waals surface area contributed by atoms with Gasteiger partial charge in [-0.1, -0.05) is 0 Å². The molecule has 0 unspecified atom stereocenters.